The van der Waals surface area contributed by atoms with Crippen LogP contribution in [0.3, 0.4) is 0 Å². The molecule has 35 heavy (non-hydrogen) atoms. The van der Waals surface area contributed by atoms with Crippen molar-refractivity contribution in [3.63, 3.8) is 0 Å². The number of oxime groups is 1. The summed E-state index contributed by atoms with van der Waals surface area (Å²) in [5, 5.41) is 21.6. The van der Waals surface area contributed by atoms with Crippen LogP contribution in [0.5, 0.6) is 0 Å². The Morgan fingerprint density at radius 2 is 2.23 bits per heavy atom. The Balaban J connectivity index is 0.00000342. The summed E-state index contributed by atoms with van der Waals surface area (Å²) in [6.45, 7) is 0. The van der Waals surface area contributed by atoms with Gasteiger partial charge in [0.1, 0.15) is 24.0 Å². The van der Waals surface area contributed by atoms with Crippen LogP contribution < -0.4 is 51.0 Å². The summed E-state index contributed by atoms with van der Waals surface area (Å²) in [6.07, 6.45) is 1.36. The standard InChI is InChI=1S/C19H19N5O7S3.Na/c1-30-23-11(9-7-34-19(20)21-9)14(25)22-12-15(26)24-13(17(27)28)8(5-32-16(12)24)6-33-18(29)10-3-2-4-31-10;/h2-4,7,12,16,19,21H,5-6,20H2,1H3,(H,22,25)(H,27,28);/q;+1/p-1/b23-11-;. The zero-order valence-corrected chi connectivity index (χ0v) is 23.0. The summed E-state index contributed by atoms with van der Waals surface area (Å²) in [5.74, 6) is -2.40. The van der Waals surface area contributed by atoms with Crippen molar-refractivity contribution in [3.05, 3.63) is 46.5 Å². The van der Waals surface area contributed by atoms with E-state index >= 15 is 0 Å². The number of fused-ring (bicyclic) bond motifs is 1. The zero-order chi connectivity index (χ0) is 24.4. The Bertz CT molecular complexity index is 1120. The molecule has 1 saturated heterocycles. The van der Waals surface area contributed by atoms with Crippen molar-refractivity contribution in [2.24, 2.45) is 10.9 Å². The summed E-state index contributed by atoms with van der Waals surface area (Å²) in [4.78, 5) is 55.5. The number of carboxylic acids is 1. The Hall–Kier alpha value is -1.88. The molecule has 0 aliphatic carbocycles. The first-order chi connectivity index (χ1) is 16.3. The first-order valence-corrected chi connectivity index (χ1v) is 12.7. The average molecular weight is 548 g/mol. The van der Waals surface area contributed by atoms with Crippen LogP contribution in [0, 0.1) is 0 Å². The second kappa shape index (κ2) is 11.9. The SMILES string of the molecule is CO/N=C(\C(=O)NC1C(=O)N2C(C(=O)[O-])=C(CSC(=O)c3ccco3)CSC12)C1=CSC(N)N1.[Na+]. The minimum atomic E-state index is -1.53. The van der Waals surface area contributed by atoms with Crippen molar-refractivity contribution in [1.29, 1.82) is 0 Å². The van der Waals surface area contributed by atoms with Crippen LogP contribution in [0.25, 0.3) is 0 Å². The molecule has 1 aromatic rings. The summed E-state index contributed by atoms with van der Waals surface area (Å²) in [6, 6.07) is 2.10. The van der Waals surface area contributed by atoms with Gasteiger partial charge in [-0.05, 0) is 17.7 Å². The van der Waals surface area contributed by atoms with Gasteiger partial charge >= 0.3 is 29.6 Å². The van der Waals surface area contributed by atoms with E-state index in [1.165, 1.54) is 43.0 Å². The third-order valence-corrected chi connectivity index (χ3v) is 7.99. The third kappa shape index (κ3) is 5.76. The van der Waals surface area contributed by atoms with Gasteiger partial charge in [-0.25, -0.2) is 0 Å². The first-order valence-electron chi connectivity index (χ1n) is 9.70. The van der Waals surface area contributed by atoms with E-state index in [0.717, 1.165) is 16.7 Å². The van der Waals surface area contributed by atoms with Crippen molar-refractivity contribution in [3.8, 4) is 0 Å². The molecule has 3 atom stereocenters. The van der Waals surface area contributed by atoms with Crippen LogP contribution >= 0.6 is 35.3 Å². The number of carboxylic acid groups (broad SMARTS) is 1. The second-order valence-corrected chi connectivity index (χ2v) is 10.1. The molecule has 0 aromatic carbocycles. The molecule has 2 amide bonds. The van der Waals surface area contributed by atoms with Gasteiger partial charge in [0.2, 0.25) is 0 Å². The maximum atomic E-state index is 12.8. The van der Waals surface area contributed by atoms with Crippen LogP contribution in [-0.2, 0) is 19.2 Å². The summed E-state index contributed by atoms with van der Waals surface area (Å²) in [5.41, 5.74) is 5.63. The van der Waals surface area contributed by atoms with Crippen molar-refractivity contribution in [2.75, 3.05) is 18.6 Å². The van der Waals surface area contributed by atoms with Gasteiger partial charge in [0.05, 0.1) is 23.6 Å². The van der Waals surface area contributed by atoms with Crippen LogP contribution in [-0.4, -0.2) is 69.0 Å². The largest absolute Gasteiger partial charge is 1.00 e. The number of hydrogen-bond acceptors (Lipinski definition) is 13. The molecular formula is C19H18N5NaO7S3. The summed E-state index contributed by atoms with van der Waals surface area (Å²) < 4.78 is 5.05. The molecule has 1 aromatic heterocycles. The smallest absolute Gasteiger partial charge is 0.543 e. The predicted octanol–water partition coefficient (Wildman–Crippen LogP) is -4.02. The second-order valence-electron chi connectivity index (χ2n) is 7.01. The number of amides is 2. The molecule has 1 fully saturated rings. The molecule has 4 rings (SSSR count). The number of carbonyl (C=O) groups is 4. The fourth-order valence-electron chi connectivity index (χ4n) is 3.40. The molecule has 12 nitrogen and oxygen atoms in total. The molecule has 180 valence electrons. The number of β-lactam (4-membered cyclic amide) rings is 1. The Kier molecular flexibility index (Phi) is 9.42. The molecule has 0 saturated carbocycles. The van der Waals surface area contributed by atoms with Crippen molar-refractivity contribution in [2.45, 2.75) is 16.9 Å². The van der Waals surface area contributed by atoms with Gasteiger partial charge in [0, 0.05) is 16.9 Å². The van der Waals surface area contributed by atoms with Gasteiger partial charge < -0.3 is 35.5 Å². The number of nitrogens with two attached hydrogens (primary N) is 1. The Morgan fingerprint density at radius 1 is 1.46 bits per heavy atom. The molecule has 4 heterocycles. The minimum absolute atomic E-state index is 0. The van der Waals surface area contributed by atoms with E-state index < -0.39 is 34.7 Å². The number of furan rings is 1. The number of aliphatic carboxylic acids is 1. The van der Waals surface area contributed by atoms with Gasteiger partial charge in [0.25, 0.3) is 16.9 Å². The van der Waals surface area contributed by atoms with Gasteiger partial charge in [-0.2, -0.15) is 0 Å². The number of nitrogens with one attached hydrogen (secondary N) is 2. The van der Waals surface area contributed by atoms with E-state index in [9.17, 15) is 24.3 Å². The van der Waals surface area contributed by atoms with Crippen LogP contribution in [0.1, 0.15) is 10.6 Å². The van der Waals surface area contributed by atoms with Crippen LogP contribution in [0.2, 0.25) is 0 Å². The normalized spacial score (nSPS) is 23.4. The fourth-order valence-corrected chi connectivity index (χ4v) is 6.34. The van der Waals surface area contributed by atoms with E-state index in [1.54, 1.807) is 11.5 Å². The topological polar surface area (TPSA) is 179 Å². The van der Waals surface area contributed by atoms with E-state index in [4.69, 9.17) is 15.0 Å². The van der Waals surface area contributed by atoms with Crippen molar-refractivity contribution < 1.29 is 63.1 Å². The number of hydrogen-bond donors (Lipinski definition) is 3. The van der Waals surface area contributed by atoms with Gasteiger partial charge in [-0.15, -0.1) is 11.8 Å². The molecular weight excluding hydrogens is 529 g/mol. The number of nitrogens with zero attached hydrogens (tertiary/aromatic N) is 2. The first kappa shape index (κ1) is 27.7. The van der Waals surface area contributed by atoms with Crippen LogP contribution in [0.4, 0.5) is 0 Å². The zero-order valence-electron chi connectivity index (χ0n) is 18.5. The number of rotatable bonds is 8. The molecule has 0 bridgehead atoms. The van der Waals surface area contributed by atoms with Gasteiger partial charge in [-0.3, -0.25) is 19.3 Å². The Labute approximate surface area is 234 Å². The molecule has 16 heteroatoms. The third-order valence-electron chi connectivity index (χ3n) is 4.91. The maximum absolute atomic E-state index is 12.8. The van der Waals surface area contributed by atoms with E-state index in [0.29, 0.717) is 11.3 Å². The molecule has 3 aliphatic rings. The summed E-state index contributed by atoms with van der Waals surface area (Å²) in [7, 11) is 1.27. The average Bonchev–Trinajstić information content (AvgIpc) is 3.50. The maximum Gasteiger partial charge on any atom is 1.00 e. The molecule has 3 aliphatic heterocycles. The van der Waals surface area contributed by atoms with Crippen molar-refractivity contribution >= 4 is 63.9 Å². The number of carbonyl (C=O) groups excluding carboxylic acids is 4. The molecule has 0 radical (unpaired) electrons. The quantitative estimate of drug-likeness (QED) is 0.124. The van der Waals surface area contributed by atoms with E-state index in [1.807, 2.05) is 0 Å². The van der Waals surface area contributed by atoms with Gasteiger partial charge in [-0.1, -0.05) is 28.7 Å². The summed E-state index contributed by atoms with van der Waals surface area (Å²) >= 11 is 3.38. The monoisotopic (exact) mass is 547 g/mol. The molecule has 3 unspecified atom stereocenters. The van der Waals surface area contributed by atoms with E-state index in [-0.39, 0.29) is 63.3 Å². The van der Waals surface area contributed by atoms with Crippen molar-refractivity contribution in [1.82, 2.24) is 15.5 Å². The predicted molar refractivity (Wildman–Crippen MR) is 124 cm³/mol. The fraction of sp³-hybridized carbons (Fsp3) is 0.316. The van der Waals surface area contributed by atoms with Crippen LogP contribution in [0.15, 0.2) is 50.3 Å². The van der Waals surface area contributed by atoms with Gasteiger partial charge in [0.15, 0.2) is 11.5 Å². The number of thioether (sulfide) groups is 3. The van der Waals surface area contributed by atoms with E-state index in [2.05, 4.69) is 15.8 Å². The molecule has 0 spiro atoms. The molecule has 4 N–H and O–H groups in total. The Morgan fingerprint density at radius 3 is 2.83 bits per heavy atom. The minimum Gasteiger partial charge on any atom is -0.543 e.